The number of benzene rings is 1. The van der Waals surface area contributed by atoms with Gasteiger partial charge in [-0.05, 0) is 12.1 Å². The number of halogens is 5. The highest BCUT2D eigenvalue weighted by Gasteiger charge is 2.34. The molecular formula is C7H2F5. The summed E-state index contributed by atoms with van der Waals surface area (Å²) in [5.41, 5.74) is -1.71. The maximum atomic E-state index is 12.3. The lowest BCUT2D eigenvalue weighted by molar-refractivity contribution is -0.140. The van der Waals surface area contributed by atoms with Gasteiger partial charge in [0.05, 0.1) is 0 Å². The molecule has 0 nitrogen and oxygen atoms in total. The van der Waals surface area contributed by atoms with Crippen LogP contribution < -0.4 is 0 Å². The maximum Gasteiger partial charge on any atom is 0.419 e. The molecule has 5 heteroatoms. The maximum absolute atomic E-state index is 12.3. The molecule has 0 fully saturated rings. The van der Waals surface area contributed by atoms with Crippen molar-refractivity contribution >= 4 is 0 Å². The molecule has 1 rings (SSSR count). The zero-order chi connectivity index (χ0) is 9.35. The second-order valence-corrected chi connectivity index (χ2v) is 2.03. The third-order valence-electron chi connectivity index (χ3n) is 1.14. The molecule has 0 amide bonds. The Kier molecular flexibility index (Phi) is 2.04. The van der Waals surface area contributed by atoms with Gasteiger partial charge in [-0.25, -0.2) is 8.78 Å². The first kappa shape index (κ1) is 8.96. The van der Waals surface area contributed by atoms with Gasteiger partial charge in [-0.2, -0.15) is 13.2 Å². The van der Waals surface area contributed by atoms with Gasteiger partial charge in [0.1, 0.15) is 17.2 Å². The molecule has 1 aromatic rings. The molecule has 0 saturated heterocycles. The van der Waals surface area contributed by atoms with Crippen molar-refractivity contribution in [2.75, 3.05) is 0 Å². The summed E-state index contributed by atoms with van der Waals surface area (Å²) in [6.07, 6.45) is -4.90. The molecule has 0 saturated carbocycles. The van der Waals surface area contributed by atoms with Gasteiger partial charge < -0.3 is 0 Å². The molecule has 1 radical (unpaired) electrons. The number of rotatable bonds is 0. The molecule has 0 aliphatic heterocycles. The lowest BCUT2D eigenvalue weighted by Gasteiger charge is -2.06. The van der Waals surface area contributed by atoms with Crippen LogP contribution in [-0.2, 0) is 6.18 Å². The molecule has 65 valence electrons. The van der Waals surface area contributed by atoms with Crippen LogP contribution in [0.15, 0.2) is 12.1 Å². The van der Waals surface area contributed by atoms with Crippen molar-refractivity contribution in [1.29, 1.82) is 0 Å². The van der Waals surface area contributed by atoms with Crippen molar-refractivity contribution in [2.24, 2.45) is 0 Å². The minimum atomic E-state index is -4.90. The van der Waals surface area contributed by atoms with Crippen LogP contribution in [0.1, 0.15) is 5.56 Å². The van der Waals surface area contributed by atoms with Crippen LogP contribution in [0.25, 0.3) is 0 Å². The molecule has 0 unspecified atom stereocenters. The van der Waals surface area contributed by atoms with Gasteiger partial charge in [0.2, 0.25) is 0 Å². The van der Waals surface area contributed by atoms with Crippen molar-refractivity contribution in [3.63, 3.8) is 0 Å². The Labute approximate surface area is 64.6 Å². The molecule has 0 bridgehead atoms. The van der Waals surface area contributed by atoms with Gasteiger partial charge in [0.25, 0.3) is 0 Å². The van der Waals surface area contributed by atoms with Gasteiger partial charge in [0.15, 0.2) is 0 Å². The van der Waals surface area contributed by atoms with Crippen LogP contribution in [-0.4, -0.2) is 0 Å². The van der Waals surface area contributed by atoms with Gasteiger partial charge in [-0.1, -0.05) is 0 Å². The van der Waals surface area contributed by atoms with Crippen LogP contribution in [0.5, 0.6) is 0 Å². The topological polar surface area (TPSA) is 0 Å². The zero-order valence-corrected chi connectivity index (χ0v) is 5.54. The molecule has 0 spiro atoms. The highest BCUT2D eigenvalue weighted by Crippen LogP contribution is 2.30. The minimum Gasteiger partial charge on any atom is -0.206 e. The highest BCUT2D eigenvalue weighted by molar-refractivity contribution is 5.19. The van der Waals surface area contributed by atoms with E-state index >= 15 is 0 Å². The zero-order valence-electron chi connectivity index (χ0n) is 5.54. The Morgan fingerprint density at radius 1 is 1.08 bits per heavy atom. The molecule has 0 atom stereocenters. The molecule has 0 N–H and O–H groups in total. The Balaban J connectivity index is 3.23. The van der Waals surface area contributed by atoms with Crippen LogP contribution in [0.2, 0.25) is 0 Å². The second kappa shape index (κ2) is 2.73. The number of hydrogen-bond acceptors (Lipinski definition) is 0. The molecule has 0 heterocycles. The summed E-state index contributed by atoms with van der Waals surface area (Å²) < 4.78 is 59.9. The summed E-state index contributed by atoms with van der Waals surface area (Å²) in [4.78, 5) is 0. The Morgan fingerprint density at radius 3 is 2.08 bits per heavy atom. The lowest BCUT2D eigenvalue weighted by Crippen LogP contribution is -2.08. The summed E-state index contributed by atoms with van der Waals surface area (Å²) in [5.74, 6) is -2.76. The van der Waals surface area contributed by atoms with E-state index in [0.29, 0.717) is 12.1 Å². The van der Waals surface area contributed by atoms with E-state index in [1.54, 1.807) is 0 Å². The number of hydrogen-bond donors (Lipinski definition) is 0. The third kappa shape index (κ3) is 1.72. The van der Waals surface area contributed by atoms with E-state index in [1.165, 1.54) is 6.07 Å². The fourth-order valence-corrected chi connectivity index (χ4v) is 0.657. The quantitative estimate of drug-likeness (QED) is 0.540. The predicted octanol–water partition coefficient (Wildman–Crippen LogP) is 2.78. The second-order valence-electron chi connectivity index (χ2n) is 2.03. The predicted molar refractivity (Wildman–Crippen MR) is 30.2 cm³/mol. The Hall–Kier alpha value is -1.13. The average Bonchev–Trinajstić information content (AvgIpc) is 1.92. The summed E-state index contributed by atoms with van der Waals surface area (Å²) in [7, 11) is 0. The highest BCUT2D eigenvalue weighted by atomic mass is 19.4. The molecule has 0 aromatic heterocycles. The van der Waals surface area contributed by atoms with Crippen molar-refractivity contribution in [3.8, 4) is 0 Å². The van der Waals surface area contributed by atoms with E-state index in [0.717, 1.165) is 0 Å². The minimum absolute atomic E-state index is 0.411. The summed E-state index contributed by atoms with van der Waals surface area (Å²) in [6, 6.07) is 2.23. The molecule has 12 heavy (non-hydrogen) atoms. The third-order valence-corrected chi connectivity index (χ3v) is 1.14. The molecule has 1 aromatic carbocycles. The normalized spacial score (nSPS) is 11.8. The van der Waals surface area contributed by atoms with Crippen molar-refractivity contribution < 1.29 is 22.0 Å². The first-order chi connectivity index (χ1) is 5.41. The van der Waals surface area contributed by atoms with E-state index in [-0.39, 0.29) is 0 Å². The van der Waals surface area contributed by atoms with Crippen LogP contribution in [0.3, 0.4) is 0 Å². The number of alkyl halides is 3. The SMILES string of the molecule is Fc1[c]c(C(F)(F)F)c(F)cc1. The van der Waals surface area contributed by atoms with Crippen molar-refractivity contribution in [1.82, 2.24) is 0 Å². The largest absolute Gasteiger partial charge is 0.419 e. The smallest absolute Gasteiger partial charge is 0.206 e. The first-order valence-electron chi connectivity index (χ1n) is 2.86. The molecule has 0 aliphatic rings. The van der Waals surface area contributed by atoms with E-state index in [2.05, 4.69) is 0 Å². The molecule has 0 aliphatic carbocycles. The Morgan fingerprint density at radius 2 is 1.67 bits per heavy atom. The molecular weight excluding hydrogens is 179 g/mol. The van der Waals surface area contributed by atoms with E-state index in [4.69, 9.17) is 0 Å². The monoisotopic (exact) mass is 181 g/mol. The van der Waals surface area contributed by atoms with Crippen molar-refractivity contribution in [3.05, 3.63) is 35.4 Å². The van der Waals surface area contributed by atoms with Gasteiger partial charge in [0, 0.05) is 6.07 Å². The van der Waals surface area contributed by atoms with E-state index in [9.17, 15) is 22.0 Å². The van der Waals surface area contributed by atoms with Crippen LogP contribution in [0.4, 0.5) is 22.0 Å². The fourth-order valence-electron chi connectivity index (χ4n) is 0.657. The average molecular weight is 181 g/mol. The fraction of sp³-hybridized carbons (Fsp3) is 0.143. The van der Waals surface area contributed by atoms with E-state index < -0.39 is 23.4 Å². The Bertz CT molecular complexity index is 288. The van der Waals surface area contributed by atoms with Crippen LogP contribution >= 0.6 is 0 Å². The van der Waals surface area contributed by atoms with Gasteiger partial charge in [-0.15, -0.1) is 0 Å². The first-order valence-corrected chi connectivity index (χ1v) is 2.86. The summed E-state index contributed by atoms with van der Waals surface area (Å²) in [5, 5.41) is 0. The summed E-state index contributed by atoms with van der Waals surface area (Å²) in [6.45, 7) is 0. The van der Waals surface area contributed by atoms with Gasteiger partial charge >= 0.3 is 6.18 Å². The standard InChI is InChI=1S/C7H2F5/c8-4-1-2-6(9)5(3-4)7(10,11)12/h1-2H. The lowest BCUT2D eigenvalue weighted by atomic mass is 10.2. The van der Waals surface area contributed by atoms with Crippen LogP contribution in [0, 0.1) is 17.7 Å². The van der Waals surface area contributed by atoms with E-state index in [1.807, 2.05) is 0 Å². The van der Waals surface area contributed by atoms with Gasteiger partial charge in [-0.3, -0.25) is 0 Å². The summed E-state index contributed by atoms with van der Waals surface area (Å²) >= 11 is 0. The van der Waals surface area contributed by atoms with Crippen molar-refractivity contribution in [2.45, 2.75) is 6.18 Å².